The summed E-state index contributed by atoms with van der Waals surface area (Å²) >= 11 is 0. The summed E-state index contributed by atoms with van der Waals surface area (Å²) in [6.07, 6.45) is 16.3. The highest BCUT2D eigenvalue weighted by atomic mass is 15.5. The lowest BCUT2D eigenvalue weighted by Gasteiger charge is -2.13. The molecular weight excluding hydrogens is 388 g/mol. The van der Waals surface area contributed by atoms with Crippen molar-refractivity contribution in [2.24, 2.45) is 0 Å². The zero-order chi connectivity index (χ0) is 21.6. The molecule has 0 saturated carbocycles. The summed E-state index contributed by atoms with van der Waals surface area (Å²) in [5.41, 5.74) is 2.45. The van der Waals surface area contributed by atoms with Crippen molar-refractivity contribution in [3.63, 3.8) is 0 Å². The minimum Gasteiger partial charge on any atom is -0.177 e. The number of nitrogens with one attached hydrogen (secondary N) is 2. The van der Waals surface area contributed by atoms with Crippen LogP contribution in [-0.4, -0.2) is 41.2 Å². The number of unbranched alkanes of at least 4 members (excludes halogenated alkanes) is 8. The topological polar surface area (TPSA) is 109 Å². The lowest BCUT2D eigenvalue weighted by Crippen LogP contribution is -2.06. The molecule has 0 fully saturated rings. The highest BCUT2D eigenvalue weighted by molar-refractivity contribution is 5.47. The van der Waals surface area contributed by atoms with Gasteiger partial charge in [-0.15, -0.1) is 20.4 Å². The molecule has 1 atom stereocenters. The fourth-order valence-electron chi connectivity index (χ4n) is 3.94. The average Bonchev–Trinajstić information content (AvgIpc) is 3.51. The van der Waals surface area contributed by atoms with Crippen molar-refractivity contribution in [3.8, 4) is 0 Å². The standard InChI is InChI=1S/C23H34N8/c1-2-19-14-16-20(17-15-19)18-21(23-26-30-31-27-23)12-10-8-6-4-3-5-7-9-11-13-22-24-28-29-25-22/h2,14-17,21H,1,3-13,18H2,(H,24,25,28,29)(H,26,27,30,31). The summed E-state index contributed by atoms with van der Waals surface area (Å²) in [5.74, 6) is 1.97. The van der Waals surface area contributed by atoms with Crippen molar-refractivity contribution >= 4 is 6.08 Å². The molecule has 31 heavy (non-hydrogen) atoms. The normalized spacial score (nSPS) is 12.1. The number of hydrogen-bond acceptors (Lipinski definition) is 6. The van der Waals surface area contributed by atoms with E-state index >= 15 is 0 Å². The van der Waals surface area contributed by atoms with Crippen LogP contribution in [0.25, 0.3) is 6.08 Å². The van der Waals surface area contributed by atoms with Crippen LogP contribution in [0.4, 0.5) is 0 Å². The molecule has 8 heteroatoms. The lowest BCUT2D eigenvalue weighted by atomic mass is 9.92. The molecule has 1 aromatic carbocycles. The Labute approximate surface area is 184 Å². The van der Waals surface area contributed by atoms with Crippen LogP contribution in [0.15, 0.2) is 30.8 Å². The van der Waals surface area contributed by atoms with Gasteiger partial charge in [-0.2, -0.15) is 10.4 Å². The van der Waals surface area contributed by atoms with Crippen molar-refractivity contribution in [3.05, 3.63) is 53.6 Å². The largest absolute Gasteiger partial charge is 0.177 e. The summed E-state index contributed by atoms with van der Waals surface area (Å²) in [6.45, 7) is 3.82. The Bertz CT molecular complexity index is 827. The van der Waals surface area contributed by atoms with Crippen LogP contribution in [0.1, 0.15) is 92.9 Å². The van der Waals surface area contributed by atoms with Gasteiger partial charge in [0.2, 0.25) is 0 Å². The summed E-state index contributed by atoms with van der Waals surface area (Å²) < 4.78 is 0. The number of hydrogen-bond donors (Lipinski definition) is 2. The molecule has 3 aromatic rings. The van der Waals surface area contributed by atoms with Crippen molar-refractivity contribution in [1.29, 1.82) is 0 Å². The SMILES string of the molecule is C=Cc1ccc(CC(CCCCCCCCCCCc2nn[nH]n2)c2nn[nH]n2)cc1. The van der Waals surface area contributed by atoms with Crippen LogP contribution in [0.5, 0.6) is 0 Å². The zero-order valence-electron chi connectivity index (χ0n) is 18.3. The van der Waals surface area contributed by atoms with Gasteiger partial charge in [-0.05, 0) is 30.4 Å². The Morgan fingerprint density at radius 2 is 1.42 bits per heavy atom. The molecule has 0 aliphatic carbocycles. The van der Waals surface area contributed by atoms with Gasteiger partial charge in [-0.3, -0.25) is 0 Å². The average molecular weight is 423 g/mol. The van der Waals surface area contributed by atoms with Gasteiger partial charge < -0.3 is 0 Å². The number of tetrazole rings is 2. The molecule has 0 spiro atoms. The predicted octanol–water partition coefficient (Wildman–Crippen LogP) is 4.83. The molecule has 2 heterocycles. The molecule has 3 rings (SSSR count). The summed E-state index contributed by atoms with van der Waals surface area (Å²) in [4.78, 5) is 0. The first-order valence-corrected chi connectivity index (χ1v) is 11.5. The Morgan fingerprint density at radius 1 is 0.774 bits per heavy atom. The van der Waals surface area contributed by atoms with E-state index < -0.39 is 0 Å². The maximum absolute atomic E-state index is 4.25. The predicted molar refractivity (Wildman–Crippen MR) is 121 cm³/mol. The maximum atomic E-state index is 4.25. The van der Waals surface area contributed by atoms with E-state index in [4.69, 9.17) is 0 Å². The monoisotopic (exact) mass is 422 g/mol. The first-order valence-electron chi connectivity index (χ1n) is 11.5. The number of H-pyrrole nitrogens is 2. The van der Waals surface area contributed by atoms with Gasteiger partial charge in [0.05, 0.1) is 0 Å². The third kappa shape index (κ3) is 8.39. The highest BCUT2D eigenvalue weighted by Crippen LogP contribution is 2.24. The fraction of sp³-hybridized carbons (Fsp3) is 0.565. The van der Waals surface area contributed by atoms with E-state index in [1.807, 2.05) is 6.08 Å². The van der Waals surface area contributed by atoms with E-state index in [1.54, 1.807) is 0 Å². The first-order chi connectivity index (χ1) is 15.3. The Balaban J connectivity index is 1.26. The van der Waals surface area contributed by atoms with Crippen LogP contribution in [-0.2, 0) is 12.8 Å². The fourth-order valence-corrected chi connectivity index (χ4v) is 3.94. The first kappa shape index (κ1) is 22.8. The zero-order valence-corrected chi connectivity index (χ0v) is 18.3. The molecule has 1 unspecified atom stereocenters. The summed E-state index contributed by atoms with van der Waals surface area (Å²) in [7, 11) is 0. The van der Waals surface area contributed by atoms with Crippen LogP contribution in [0, 0.1) is 0 Å². The summed E-state index contributed by atoms with van der Waals surface area (Å²) in [6, 6.07) is 8.57. The number of aryl methyl sites for hydroxylation is 1. The number of rotatable bonds is 16. The second-order valence-electron chi connectivity index (χ2n) is 8.17. The van der Waals surface area contributed by atoms with E-state index in [2.05, 4.69) is 72.1 Å². The molecule has 8 nitrogen and oxygen atoms in total. The number of aromatic nitrogens is 8. The van der Waals surface area contributed by atoms with Gasteiger partial charge in [-0.1, -0.05) is 98.7 Å². The Hall–Kier alpha value is -2.90. The van der Waals surface area contributed by atoms with E-state index in [9.17, 15) is 0 Å². The second-order valence-corrected chi connectivity index (χ2v) is 8.17. The third-order valence-corrected chi connectivity index (χ3v) is 5.77. The highest BCUT2D eigenvalue weighted by Gasteiger charge is 2.16. The number of benzene rings is 1. The smallest absolute Gasteiger partial charge is 0.177 e. The van der Waals surface area contributed by atoms with Crippen LogP contribution in [0.3, 0.4) is 0 Å². The van der Waals surface area contributed by atoms with E-state index in [0.29, 0.717) is 5.92 Å². The molecule has 0 radical (unpaired) electrons. The molecule has 2 N–H and O–H groups in total. The van der Waals surface area contributed by atoms with Gasteiger partial charge in [0, 0.05) is 12.3 Å². The van der Waals surface area contributed by atoms with Gasteiger partial charge in [-0.25, -0.2) is 0 Å². The third-order valence-electron chi connectivity index (χ3n) is 5.77. The quantitative estimate of drug-likeness (QED) is 0.320. The van der Waals surface area contributed by atoms with Crippen molar-refractivity contribution in [2.45, 2.75) is 83.0 Å². The molecule has 166 valence electrons. The minimum absolute atomic E-state index is 0.313. The van der Waals surface area contributed by atoms with Crippen molar-refractivity contribution in [1.82, 2.24) is 41.2 Å². The van der Waals surface area contributed by atoms with E-state index in [-0.39, 0.29) is 0 Å². The minimum atomic E-state index is 0.313. The van der Waals surface area contributed by atoms with Gasteiger partial charge >= 0.3 is 0 Å². The maximum Gasteiger partial charge on any atom is 0.177 e. The number of nitrogens with zero attached hydrogens (tertiary/aromatic N) is 6. The molecular formula is C23H34N8. The Morgan fingerprint density at radius 3 is 2.03 bits per heavy atom. The molecule has 2 aromatic heterocycles. The lowest BCUT2D eigenvalue weighted by molar-refractivity contribution is 0.511. The van der Waals surface area contributed by atoms with Gasteiger partial charge in [0.1, 0.15) is 0 Å². The molecule has 0 aliphatic heterocycles. The van der Waals surface area contributed by atoms with Crippen molar-refractivity contribution < 1.29 is 0 Å². The van der Waals surface area contributed by atoms with Crippen LogP contribution in [0.2, 0.25) is 0 Å². The summed E-state index contributed by atoms with van der Waals surface area (Å²) in [5, 5.41) is 28.9. The number of aromatic amines is 2. The van der Waals surface area contributed by atoms with Crippen LogP contribution >= 0.6 is 0 Å². The van der Waals surface area contributed by atoms with E-state index in [1.165, 1.54) is 56.9 Å². The molecule has 0 bridgehead atoms. The van der Waals surface area contributed by atoms with E-state index in [0.717, 1.165) is 42.9 Å². The molecule has 0 amide bonds. The Kier molecular flexibility index (Phi) is 9.85. The second kappa shape index (κ2) is 13.4. The van der Waals surface area contributed by atoms with Crippen molar-refractivity contribution in [2.75, 3.05) is 0 Å². The van der Waals surface area contributed by atoms with Gasteiger partial charge in [0.15, 0.2) is 11.6 Å². The van der Waals surface area contributed by atoms with Crippen LogP contribution < -0.4 is 0 Å². The molecule has 0 saturated heterocycles. The molecule has 0 aliphatic rings. The van der Waals surface area contributed by atoms with Gasteiger partial charge in [0.25, 0.3) is 0 Å².